The minimum atomic E-state index is -3.67. The van der Waals surface area contributed by atoms with Gasteiger partial charge in [-0.05, 0) is 44.0 Å². The van der Waals surface area contributed by atoms with Gasteiger partial charge in [-0.25, -0.2) is 17.9 Å². The van der Waals surface area contributed by atoms with Crippen molar-refractivity contribution in [3.05, 3.63) is 29.3 Å². The van der Waals surface area contributed by atoms with Crippen LogP contribution in [0.5, 0.6) is 0 Å². The topological polar surface area (TPSA) is 84.5 Å². The average Bonchev–Trinajstić information content (AvgIpc) is 2.74. The van der Waals surface area contributed by atoms with E-state index in [2.05, 4.69) is 14.8 Å². The quantitative estimate of drug-likeness (QED) is 0.812. The monoisotopic (exact) mass is 326 g/mol. The van der Waals surface area contributed by atoms with Gasteiger partial charge in [0.1, 0.15) is 0 Å². The van der Waals surface area contributed by atoms with Gasteiger partial charge < -0.3 is 10.1 Å². The van der Waals surface area contributed by atoms with Gasteiger partial charge in [0.25, 0.3) is 0 Å². The minimum Gasteiger partial charge on any atom is -0.465 e. The number of hydrogen-bond acceptors (Lipinski definition) is 5. The zero-order valence-corrected chi connectivity index (χ0v) is 13.7. The normalized spacial score (nSPS) is 19.5. The summed E-state index contributed by atoms with van der Waals surface area (Å²) in [6.45, 7) is 3.24. The van der Waals surface area contributed by atoms with Crippen LogP contribution >= 0.6 is 0 Å². The van der Waals surface area contributed by atoms with Gasteiger partial charge in [-0.15, -0.1) is 0 Å². The second-order valence-electron chi connectivity index (χ2n) is 5.49. The molecule has 0 aromatic heterocycles. The first-order valence-corrected chi connectivity index (χ1v) is 8.84. The molecular formula is C15H22N2O4S. The van der Waals surface area contributed by atoms with Crippen molar-refractivity contribution in [2.24, 2.45) is 0 Å². The number of aryl methyl sites for hydroxylation is 1. The van der Waals surface area contributed by atoms with E-state index in [-0.39, 0.29) is 16.5 Å². The van der Waals surface area contributed by atoms with Crippen molar-refractivity contribution in [1.82, 2.24) is 10.0 Å². The molecule has 6 nitrogen and oxygen atoms in total. The number of nitrogens with one attached hydrogen (secondary N) is 2. The van der Waals surface area contributed by atoms with Crippen molar-refractivity contribution in [3.63, 3.8) is 0 Å². The minimum absolute atomic E-state index is 0.125. The Bertz CT molecular complexity index is 635. The molecule has 0 amide bonds. The Labute approximate surface area is 131 Å². The van der Waals surface area contributed by atoms with Crippen molar-refractivity contribution in [2.75, 3.05) is 20.2 Å². The summed E-state index contributed by atoms with van der Waals surface area (Å²) >= 11 is 0. The average molecular weight is 326 g/mol. The predicted molar refractivity (Wildman–Crippen MR) is 83.3 cm³/mol. The van der Waals surface area contributed by atoms with Gasteiger partial charge in [0, 0.05) is 12.6 Å². The number of hydrogen-bond donors (Lipinski definition) is 2. The van der Waals surface area contributed by atoms with Crippen LogP contribution in [0.2, 0.25) is 0 Å². The van der Waals surface area contributed by atoms with E-state index < -0.39 is 16.0 Å². The second kappa shape index (κ2) is 7.21. The van der Waals surface area contributed by atoms with Gasteiger partial charge in [-0.2, -0.15) is 0 Å². The number of carbonyl (C=O) groups excluding carboxylic acids is 1. The molecule has 1 saturated heterocycles. The largest absolute Gasteiger partial charge is 0.465 e. The Kier molecular flexibility index (Phi) is 5.55. The Morgan fingerprint density at radius 2 is 2.14 bits per heavy atom. The fourth-order valence-electron chi connectivity index (χ4n) is 2.54. The van der Waals surface area contributed by atoms with Crippen molar-refractivity contribution in [1.29, 1.82) is 0 Å². The molecule has 0 bridgehead atoms. The van der Waals surface area contributed by atoms with Gasteiger partial charge in [-0.3, -0.25) is 0 Å². The van der Waals surface area contributed by atoms with E-state index in [9.17, 15) is 13.2 Å². The maximum atomic E-state index is 12.6. The van der Waals surface area contributed by atoms with Gasteiger partial charge >= 0.3 is 5.97 Å². The molecule has 2 rings (SSSR count). The summed E-state index contributed by atoms with van der Waals surface area (Å²) in [5, 5.41) is 3.22. The molecular weight excluding hydrogens is 304 g/mol. The van der Waals surface area contributed by atoms with E-state index in [1.807, 2.05) is 0 Å². The molecule has 1 aromatic carbocycles. The lowest BCUT2D eigenvalue weighted by atomic mass is 10.1. The molecule has 1 aliphatic rings. The highest BCUT2D eigenvalue weighted by atomic mass is 32.2. The first-order valence-electron chi connectivity index (χ1n) is 7.36. The van der Waals surface area contributed by atoms with E-state index >= 15 is 0 Å². The lowest BCUT2D eigenvalue weighted by molar-refractivity contribution is 0.0600. The van der Waals surface area contributed by atoms with Gasteiger partial charge in [0.05, 0.1) is 17.6 Å². The molecule has 122 valence electrons. The van der Waals surface area contributed by atoms with E-state index in [0.717, 1.165) is 25.8 Å². The lowest BCUT2D eigenvalue weighted by Gasteiger charge is -2.18. The van der Waals surface area contributed by atoms with Crippen molar-refractivity contribution in [3.8, 4) is 0 Å². The number of sulfonamides is 1. The van der Waals surface area contributed by atoms with Crippen LogP contribution in [0.15, 0.2) is 23.1 Å². The molecule has 1 aliphatic heterocycles. The molecule has 22 heavy (non-hydrogen) atoms. The first kappa shape index (κ1) is 16.9. The van der Waals surface area contributed by atoms with Crippen LogP contribution < -0.4 is 10.0 Å². The molecule has 0 saturated carbocycles. The fraction of sp³-hybridized carbons (Fsp3) is 0.533. The van der Waals surface area contributed by atoms with Gasteiger partial charge in [0.15, 0.2) is 0 Å². The van der Waals surface area contributed by atoms with E-state index in [4.69, 9.17) is 0 Å². The highest BCUT2D eigenvalue weighted by Crippen LogP contribution is 2.19. The van der Waals surface area contributed by atoms with E-state index in [1.165, 1.54) is 13.2 Å². The predicted octanol–water partition coefficient (Wildman–Crippen LogP) is 1.20. The van der Waals surface area contributed by atoms with Crippen LogP contribution in [-0.2, 0) is 14.8 Å². The Balaban J connectivity index is 2.26. The van der Waals surface area contributed by atoms with Crippen LogP contribution in [-0.4, -0.2) is 40.6 Å². The maximum Gasteiger partial charge on any atom is 0.337 e. The molecule has 1 atom stereocenters. The third kappa shape index (κ3) is 4.06. The number of benzene rings is 1. The number of esters is 1. The van der Waals surface area contributed by atoms with Crippen molar-refractivity contribution < 1.29 is 17.9 Å². The van der Waals surface area contributed by atoms with Crippen LogP contribution in [0.1, 0.15) is 35.2 Å². The van der Waals surface area contributed by atoms with Crippen molar-refractivity contribution >= 4 is 16.0 Å². The van der Waals surface area contributed by atoms with Crippen LogP contribution in [0.3, 0.4) is 0 Å². The van der Waals surface area contributed by atoms with Crippen LogP contribution in [0.4, 0.5) is 0 Å². The molecule has 2 N–H and O–H groups in total. The van der Waals surface area contributed by atoms with Gasteiger partial charge in [0.2, 0.25) is 10.0 Å². The number of ether oxygens (including phenoxy) is 1. The Morgan fingerprint density at radius 3 is 2.86 bits per heavy atom. The van der Waals surface area contributed by atoms with Crippen LogP contribution in [0.25, 0.3) is 0 Å². The van der Waals surface area contributed by atoms with E-state index in [1.54, 1.807) is 19.1 Å². The standard InChI is InChI=1S/C15H22N2O4S/c1-11-6-7-12(15(18)21-2)9-14(11)22(19,20)17-13-5-3-4-8-16-10-13/h6-7,9,13,16-17H,3-5,8,10H2,1-2H3. The molecule has 7 heteroatoms. The molecule has 1 unspecified atom stereocenters. The molecule has 0 radical (unpaired) electrons. The SMILES string of the molecule is COC(=O)c1ccc(C)c(S(=O)(=O)NC2CCCCNC2)c1. The summed E-state index contributed by atoms with van der Waals surface area (Å²) in [4.78, 5) is 11.7. The number of methoxy groups -OCH3 is 1. The maximum absolute atomic E-state index is 12.6. The van der Waals surface area contributed by atoms with E-state index in [0.29, 0.717) is 12.1 Å². The van der Waals surface area contributed by atoms with Crippen LogP contribution in [0, 0.1) is 6.92 Å². The molecule has 0 spiro atoms. The Morgan fingerprint density at radius 1 is 1.36 bits per heavy atom. The summed E-state index contributed by atoms with van der Waals surface area (Å²) in [7, 11) is -2.40. The fourth-order valence-corrected chi connectivity index (χ4v) is 4.08. The summed E-state index contributed by atoms with van der Waals surface area (Å²) in [5.41, 5.74) is 0.828. The highest BCUT2D eigenvalue weighted by molar-refractivity contribution is 7.89. The van der Waals surface area contributed by atoms with Gasteiger partial charge in [-0.1, -0.05) is 12.5 Å². The smallest absolute Gasteiger partial charge is 0.337 e. The molecule has 0 aliphatic carbocycles. The summed E-state index contributed by atoms with van der Waals surface area (Å²) in [6.07, 6.45) is 2.85. The summed E-state index contributed by atoms with van der Waals surface area (Å²) < 4.78 is 32.6. The third-order valence-corrected chi connectivity index (χ3v) is 5.43. The number of carbonyl (C=O) groups is 1. The lowest BCUT2D eigenvalue weighted by Crippen LogP contribution is -2.41. The second-order valence-corrected chi connectivity index (χ2v) is 7.17. The first-order chi connectivity index (χ1) is 10.4. The molecule has 1 fully saturated rings. The highest BCUT2D eigenvalue weighted by Gasteiger charge is 2.23. The zero-order chi connectivity index (χ0) is 16.2. The molecule has 1 aromatic rings. The van der Waals surface area contributed by atoms with Crippen molar-refractivity contribution in [2.45, 2.75) is 37.1 Å². The zero-order valence-electron chi connectivity index (χ0n) is 12.9. The number of rotatable bonds is 4. The summed E-state index contributed by atoms with van der Waals surface area (Å²) in [6, 6.07) is 4.42. The Hall–Kier alpha value is -1.44. The molecule has 1 heterocycles. The summed E-state index contributed by atoms with van der Waals surface area (Å²) in [5.74, 6) is -0.549. The third-order valence-electron chi connectivity index (χ3n) is 3.77.